The summed E-state index contributed by atoms with van der Waals surface area (Å²) < 4.78 is 46.2. The van der Waals surface area contributed by atoms with Gasteiger partial charge in [0.2, 0.25) is 10.0 Å². The molecule has 2 aromatic carbocycles. The Balaban J connectivity index is 1.69. The summed E-state index contributed by atoms with van der Waals surface area (Å²) in [6.45, 7) is 4.69. The quantitative estimate of drug-likeness (QED) is 0.675. The first-order valence-electron chi connectivity index (χ1n) is 9.66. The normalized spacial score (nSPS) is 19.8. The lowest BCUT2D eigenvalue weighted by Crippen LogP contribution is -2.42. The second-order valence-corrected chi connectivity index (χ2v) is 9.72. The van der Waals surface area contributed by atoms with Gasteiger partial charge in [0.05, 0.1) is 22.1 Å². The number of rotatable bonds is 5. The van der Waals surface area contributed by atoms with Gasteiger partial charge < -0.3 is 4.74 Å². The first kappa shape index (κ1) is 21.9. The first-order valence-corrected chi connectivity index (χ1v) is 11.1. The van der Waals surface area contributed by atoms with Crippen molar-refractivity contribution in [1.82, 2.24) is 4.31 Å². The molecular weight excluding hydrogens is 407 g/mol. The van der Waals surface area contributed by atoms with Gasteiger partial charge in [-0.1, -0.05) is 13.8 Å². The average Bonchev–Trinajstić information content (AvgIpc) is 2.72. The molecule has 158 valence electrons. The number of ether oxygens (including phenoxy) is 1. The fourth-order valence-corrected chi connectivity index (χ4v) is 5.38. The van der Waals surface area contributed by atoms with Gasteiger partial charge in [-0.15, -0.1) is 0 Å². The molecular formula is C22H23FN2O4S. The monoisotopic (exact) mass is 430 g/mol. The molecule has 0 saturated carbocycles. The lowest BCUT2D eigenvalue weighted by atomic mass is 9.94. The number of esters is 1. The number of nitriles is 1. The van der Waals surface area contributed by atoms with E-state index in [1.54, 1.807) is 0 Å². The lowest BCUT2D eigenvalue weighted by molar-refractivity contribution is 0.0469. The summed E-state index contributed by atoms with van der Waals surface area (Å²) in [6.07, 6.45) is 0.995. The zero-order chi connectivity index (χ0) is 21.9. The van der Waals surface area contributed by atoms with E-state index in [0.29, 0.717) is 13.1 Å². The van der Waals surface area contributed by atoms with Crippen molar-refractivity contribution < 1.29 is 22.3 Å². The maximum Gasteiger partial charge on any atom is 0.338 e. The topological polar surface area (TPSA) is 87.5 Å². The largest absolute Gasteiger partial charge is 0.457 e. The average molecular weight is 431 g/mol. The third-order valence-electron chi connectivity index (χ3n) is 5.10. The van der Waals surface area contributed by atoms with Crippen LogP contribution in [0.15, 0.2) is 47.4 Å². The van der Waals surface area contributed by atoms with Gasteiger partial charge in [0, 0.05) is 18.7 Å². The molecule has 2 unspecified atom stereocenters. The SMILES string of the molecule is CC1CC(C)CN(S(=O)(=O)c2ccc(C(=O)OCc3cc(C#N)ccc3F)cc2)C1. The van der Waals surface area contributed by atoms with E-state index in [2.05, 4.69) is 0 Å². The fraction of sp³-hybridized carbons (Fsp3) is 0.364. The highest BCUT2D eigenvalue weighted by molar-refractivity contribution is 7.89. The van der Waals surface area contributed by atoms with Crippen LogP contribution in [0, 0.1) is 29.0 Å². The Morgan fingerprint density at radius 1 is 1.17 bits per heavy atom. The number of halogens is 1. The van der Waals surface area contributed by atoms with Gasteiger partial charge in [-0.2, -0.15) is 9.57 Å². The Bertz CT molecular complexity index is 1070. The first-order chi connectivity index (χ1) is 14.2. The number of benzene rings is 2. The molecule has 1 aliphatic heterocycles. The van der Waals surface area contributed by atoms with Gasteiger partial charge in [-0.3, -0.25) is 0 Å². The van der Waals surface area contributed by atoms with Gasteiger partial charge >= 0.3 is 5.97 Å². The second-order valence-electron chi connectivity index (χ2n) is 7.79. The Hall–Kier alpha value is -2.76. The molecule has 30 heavy (non-hydrogen) atoms. The lowest BCUT2D eigenvalue weighted by Gasteiger charge is -2.34. The Morgan fingerprint density at radius 3 is 2.40 bits per heavy atom. The van der Waals surface area contributed by atoms with Gasteiger partial charge in [-0.05, 0) is 60.7 Å². The van der Waals surface area contributed by atoms with Crippen molar-refractivity contribution in [3.8, 4) is 6.07 Å². The Kier molecular flexibility index (Phi) is 6.54. The number of hydrogen-bond acceptors (Lipinski definition) is 5. The molecule has 0 amide bonds. The molecule has 2 atom stereocenters. The van der Waals surface area contributed by atoms with Crippen LogP contribution >= 0.6 is 0 Å². The number of sulfonamides is 1. The van der Waals surface area contributed by atoms with Crippen molar-refractivity contribution >= 4 is 16.0 Å². The van der Waals surface area contributed by atoms with Gasteiger partial charge in [0.1, 0.15) is 12.4 Å². The van der Waals surface area contributed by atoms with Crippen LogP contribution in [0.1, 0.15) is 41.8 Å². The fourth-order valence-electron chi connectivity index (χ4n) is 3.70. The van der Waals surface area contributed by atoms with Crippen molar-refractivity contribution in [2.75, 3.05) is 13.1 Å². The number of piperidine rings is 1. The third kappa shape index (κ3) is 4.86. The molecule has 0 bridgehead atoms. The van der Waals surface area contributed by atoms with E-state index in [1.807, 2.05) is 19.9 Å². The molecule has 1 heterocycles. The molecule has 1 fully saturated rings. The number of carbonyl (C=O) groups excluding carboxylic acids is 1. The third-order valence-corrected chi connectivity index (χ3v) is 6.94. The highest BCUT2D eigenvalue weighted by Crippen LogP contribution is 2.27. The minimum atomic E-state index is -3.64. The van der Waals surface area contributed by atoms with Crippen LogP contribution in [-0.2, 0) is 21.4 Å². The van der Waals surface area contributed by atoms with Crippen LogP contribution in [0.25, 0.3) is 0 Å². The van der Waals surface area contributed by atoms with Crippen molar-refractivity contribution in [3.63, 3.8) is 0 Å². The molecule has 2 aromatic rings. The van der Waals surface area contributed by atoms with Crippen molar-refractivity contribution in [3.05, 3.63) is 65.0 Å². The molecule has 0 aliphatic carbocycles. The zero-order valence-electron chi connectivity index (χ0n) is 16.8. The second kappa shape index (κ2) is 8.94. The zero-order valence-corrected chi connectivity index (χ0v) is 17.7. The molecule has 6 nitrogen and oxygen atoms in total. The molecule has 8 heteroatoms. The Labute approximate surface area is 175 Å². The standard InChI is InChI=1S/C22H23FN2O4S/c1-15-9-16(2)13-25(12-15)30(27,28)20-6-4-18(5-7-20)22(26)29-14-19-10-17(11-24)3-8-21(19)23/h3-8,10,15-16H,9,12-14H2,1-2H3. The van der Waals surface area contributed by atoms with Gasteiger partial charge in [-0.25, -0.2) is 17.6 Å². The maximum atomic E-state index is 13.8. The number of hydrogen-bond donors (Lipinski definition) is 0. The molecule has 3 rings (SSSR count). The summed E-state index contributed by atoms with van der Waals surface area (Å²) in [4.78, 5) is 12.4. The molecule has 0 radical (unpaired) electrons. The van der Waals surface area contributed by atoms with E-state index in [-0.39, 0.29) is 40.0 Å². The predicted octanol–water partition coefficient (Wildman–Crippen LogP) is 3.72. The molecule has 0 N–H and O–H groups in total. The minimum absolute atomic E-state index is 0.0925. The summed E-state index contributed by atoms with van der Waals surface area (Å²) in [6, 6.07) is 11.2. The maximum absolute atomic E-state index is 13.8. The summed E-state index contributed by atoms with van der Waals surface area (Å²) in [5, 5.41) is 8.89. The van der Waals surface area contributed by atoms with E-state index < -0.39 is 21.8 Å². The van der Waals surface area contributed by atoms with Crippen molar-refractivity contribution in [1.29, 1.82) is 5.26 Å². The van der Waals surface area contributed by atoms with Crippen molar-refractivity contribution in [2.24, 2.45) is 11.8 Å². The molecule has 0 spiro atoms. The Morgan fingerprint density at radius 2 is 1.80 bits per heavy atom. The van der Waals surface area contributed by atoms with E-state index in [9.17, 15) is 17.6 Å². The van der Waals surface area contributed by atoms with Gasteiger partial charge in [0.15, 0.2) is 0 Å². The molecule has 0 aromatic heterocycles. The van der Waals surface area contributed by atoms with E-state index in [1.165, 1.54) is 40.7 Å². The van der Waals surface area contributed by atoms with Crippen LogP contribution in [-0.4, -0.2) is 31.8 Å². The summed E-state index contributed by atoms with van der Waals surface area (Å²) in [7, 11) is -3.64. The summed E-state index contributed by atoms with van der Waals surface area (Å²) in [5.41, 5.74) is 0.513. The van der Waals surface area contributed by atoms with E-state index >= 15 is 0 Å². The van der Waals surface area contributed by atoms with Crippen LogP contribution in [0.5, 0.6) is 0 Å². The van der Waals surface area contributed by atoms with Crippen LogP contribution < -0.4 is 0 Å². The molecule has 1 aliphatic rings. The highest BCUT2D eigenvalue weighted by atomic mass is 32.2. The van der Waals surface area contributed by atoms with E-state index in [0.717, 1.165) is 12.5 Å². The van der Waals surface area contributed by atoms with Crippen molar-refractivity contribution in [2.45, 2.75) is 31.8 Å². The minimum Gasteiger partial charge on any atom is -0.457 e. The van der Waals surface area contributed by atoms with Gasteiger partial charge in [0.25, 0.3) is 0 Å². The highest BCUT2D eigenvalue weighted by Gasteiger charge is 2.31. The van der Waals surface area contributed by atoms with Crippen LogP contribution in [0.3, 0.4) is 0 Å². The predicted molar refractivity (Wildman–Crippen MR) is 108 cm³/mol. The summed E-state index contributed by atoms with van der Waals surface area (Å²) >= 11 is 0. The van der Waals surface area contributed by atoms with Crippen LogP contribution in [0.4, 0.5) is 4.39 Å². The van der Waals surface area contributed by atoms with Crippen LogP contribution in [0.2, 0.25) is 0 Å². The molecule has 1 saturated heterocycles. The smallest absolute Gasteiger partial charge is 0.338 e. The van der Waals surface area contributed by atoms with E-state index in [4.69, 9.17) is 10.00 Å². The number of nitrogens with zero attached hydrogens (tertiary/aromatic N) is 2. The summed E-state index contributed by atoms with van der Waals surface area (Å²) in [5.74, 6) is -0.704. The number of carbonyl (C=O) groups is 1.